The van der Waals surface area contributed by atoms with Gasteiger partial charge in [0.05, 0.1) is 6.54 Å². The molecule has 1 fully saturated rings. The number of piperidine rings is 1. The van der Waals surface area contributed by atoms with E-state index in [1.165, 1.54) is 0 Å². The summed E-state index contributed by atoms with van der Waals surface area (Å²) >= 11 is 0. The normalized spacial score (nSPS) is 15.4. The molecule has 0 saturated carbocycles. The molecule has 0 unspecified atom stereocenters. The third kappa shape index (κ3) is 6.58. The topological polar surface area (TPSA) is 64.7 Å². The number of anilines is 1. The number of hydrogen-bond donors (Lipinski definition) is 2. The highest BCUT2D eigenvalue weighted by Gasteiger charge is 2.23. The minimum absolute atomic E-state index is 0.00474. The summed E-state index contributed by atoms with van der Waals surface area (Å²) in [6, 6.07) is 9.56. The van der Waals surface area contributed by atoms with E-state index in [1.807, 2.05) is 37.3 Å². The minimum atomic E-state index is -0.0664. The first-order valence-electron chi connectivity index (χ1n) is 8.67. The Bertz CT molecular complexity index is 595. The second-order valence-corrected chi connectivity index (χ2v) is 6.73. The molecule has 2 N–H and O–H groups in total. The van der Waals surface area contributed by atoms with Crippen LogP contribution in [0.5, 0.6) is 0 Å². The predicted molar refractivity (Wildman–Crippen MR) is 101 cm³/mol. The number of likely N-dealkylation sites (tertiary alicyclic amines) is 1. The summed E-state index contributed by atoms with van der Waals surface area (Å²) in [4.78, 5) is 28.0. The second kappa shape index (κ2) is 9.22. The van der Waals surface area contributed by atoms with Gasteiger partial charge in [-0.1, -0.05) is 30.4 Å². The van der Waals surface area contributed by atoms with Crippen LogP contribution in [0.1, 0.15) is 19.8 Å². The molecule has 3 amide bonds. The van der Waals surface area contributed by atoms with Crippen molar-refractivity contribution < 1.29 is 9.59 Å². The number of benzene rings is 1. The van der Waals surface area contributed by atoms with Gasteiger partial charge < -0.3 is 15.5 Å². The zero-order chi connectivity index (χ0) is 18.2. The van der Waals surface area contributed by atoms with Crippen molar-refractivity contribution in [3.8, 4) is 0 Å². The van der Waals surface area contributed by atoms with Gasteiger partial charge in [-0.3, -0.25) is 9.69 Å². The number of carbonyl (C=O) groups is 2. The van der Waals surface area contributed by atoms with Crippen molar-refractivity contribution in [2.24, 2.45) is 0 Å². The first-order chi connectivity index (χ1) is 11.9. The summed E-state index contributed by atoms with van der Waals surface area (Å²) in [6.45, 7) is 8.28. The number of nitrogens with one attached hydrogen (secondary N) is 2. The molecule has 2 rings (SSSR count). The van der Waals surface area contributed by atoms with Gasteiger partial charge in [0, 0.05) is 38.4 Å². The summed E-state index contributed by atoms with van der Waals surface area (Å²) in [6.07, 6.45) is 1.70. The molecule has 136 valence electrons. The molecule has 1 aromatic carbocycles. The van der Waals surface area contributed by atoms with E-state index < -0.39 is 0 Å². The minimum Gasteiger partial charge on any atom is -0.335 e. The van der Waals surface area contributed by atoms with Gasteiger partial charge in [0.15, 0.2) is 0 Å². The van der Waals surface area contributed by atoms with E-state index in [2.05, 4.69) is 22.1 Å². The molecule has 1 aliphatic rings. The number of carbonyl (C=O) groups excluding carboxylic acids is 2. The Morgan fingerprint density at radius 3 is 2.48 bits per heavy atom. The Morgan fingerprint density at radius 2 is 1.88 bits per heavy atom. The van der Waals surface area contributed by atoms with Gasteiger partial charge >= 0.3 is 6.03 Å². The molecule has 1 saturated heterocycles. The smallest absolute Gasteiger partial charge is 0.317 e. The maximum absolute atomic E-state index is 12.1. The molecule has 6 nitrogen and oxygen atoms in total. The summed E-state index contributed by atoms with van der Waals surface area (Å²) in [5.41, 5.74) is 1.77. The van der Waals surface area contributed by atoms with Crippen LogP contribution in [0.4, 0.5) is 10.5 Å². The molecule has 1 aliphatic heterocycles. The quantitative estimate of drug-likeness (QED) is 0.779. The Kier molecular flexibility index (Phi) is 7.01. The molecule has 0 radical (unpaired) electrons. The third-order valence-corrected chi connectivity index (χ3v) is 4.19. The van der Waals surface area contributed by atoms with Crippen LogP contribution in [-0.2, 0) is 4.79 Å². The number of para-hydroxylation sites is 1. The van der Waals surface area contributed by atoms with Crippen molar-refractivity contribution in [1.82, 2.24) is 15.1 Å². The van der Waals surface area contributed by atoms with Crippen LogP contribution in [0, 0.1) is 0 Å². The molecular formula is C19H28N4O2. The Hall–Kier alpha value is -2.34. The van der Waals surface area contributed by atoms with E-state index >= 15 is 0 Å². The first-order valence-corrected chi connectivity index (χ1v) is 8.67. The maximum atomic E-state index is 12.1. The summed E-state index contributed by atoms with van der Waals surface area (Å²) in [7, 11) is 1.77. The van der Waals surface area contributed by atoms with Crippen LogP contribution in [0.25, 0.3) is 0 Å². The van der Waals surface area contributed by atoms with Crippen molar-refractivity contribution in [1.29, 1.82) is 0 Å². The van der Waals surface area contributed by atoms with Crippen LogP contribution < -0.4 is 10.6 Å². The number of urea groups is 1. The zero-order valence-electron chi connectivity index (χ0n) is 15.1. The van der Waals surface area contributed by atoms with Crippen LogP contribution in [0.2, 0.25) is 0 Å². The van der Waals surface area contributed by atoms with Gasteiger partial charge in [-0.05, 0) is 31.9 Å². The monoisotopic (exact) mass is 344 g/mol. The molecule has 6 heteroatoms. The first kappa shape index (κ1) is 19.0. The highest BCUT2D eigenvalue weighted by atomic mass is 16.2. The van der Waals surface area contributed by atoms with E-state index in [1.54, 1.807) is 11.9 Å². The molecule has 0 aromatic heterocycles. The van der Waals surface area contributed by atoms with Crippen molar-refractivity contribution >= 4 is 17.6 Å². The predicted octanol–water partition coefficient (Wildman–Crippen LogP) is 2.31. The Morgan fingerprint density at radius 1 is 1.24 bits per heavy atom. The fourth-order valence-corrected chi connectivity index (χ4v) is 2.92. The fourth-order valence-electron chi connectivity index (χ4n) is 2.92. The molecule has 0 atom stereocenters. The number of amides is 3. The largest absolute Gasteiger partial charge is 0.335 e. The molecule has 0 bridgehead atoms. The molecule has 0 spiro atoms. The second-order valence-electron chi connectivity index (χ2n) is 6.73. The van der Waals surface area contributed by atoms with Crippen molar-refractivity contribution in [3.05, 3.63) is 42.5 Å². The van der Waals surface area contributed by atoms with Crippen LogP contribution >= 0.6 is 0 Å². The van der Waals surface area contributed by atoms with Crippen molar-refractivity contribution in [2.45, 2.75) is 25.8 Å². The highest BCUT2D eigenvalue weighted by molar-refractivity contribution is 5.92. The van der Waals surface area contributed by atoms with Gasteiger partial charge in [-0.25, -0.2) is 4.79 Å². The van der Waals surface area contributed by atoms with Crippen LogP contribution in [0.15, 0.2) is 42.5 Å². The molecule has 25 heavy (non-hydrogen) atoms. The van der Waals surface area contributed by atoms with Gasteiger partial charge in [-0.15, -0.1) is 0 Å². The van der Waals surface area contributed by atoms with Crippen molar-refractivity contribution in [3.63, 3.8) is 0 Å². The van der Waals surface area contributed by atoms with Gasteiger partial charge in [0.25, 0.3) is 0 Å². The van der Waals surface area contributed by atoms with E-state index in [4.69, 9.17) is 0 Å². The number of rotatable bonds is 6. The number of likely N-dealkylation sites (N-methyl/N-ethyl adjacent to an activating group) is 1. The van der Waals surface area contributed by atoms with Crippen LogP contribution in [-0.4, -0.2) is 61.0 Å². The van der Waals surface area contributed by atoms with E-state index in [0.717, 1.165) is 37.2 Å². The SMILES string of the molecule is C=C(C)CN(C)C(=O)NC1CCN(CC(=O)Nc2ccccc2)CC1. The zero-order valence-corrected chi connectivity index (χ0v) is 15.1. The molecular weight excluding hydrogens is 316 g/mol. The summed E-state index contributed by atoms with van der Waals surface area (Å²) < 4.78 is 0. The van der Waals surface area contributed by atoms with Gasteiger partial charge in [-0.2, -0.15) is 0 Å². The Labute approximate surface area is 149 Å². The van der Waals surface area contributed by atoms with Gasteiger partial charge in [0.2, 0.25) is 5.91 Å². The average Bonchev–Trinajstić information content (AvgIpc) is 2.57. The van der Waals surface area contributed by atoms with E-state index in [-0.39, 0.29) is 18.0 Å². The lowest BCUT2D eigenvalue weighted by Crippen LogP contribution is -2.49. The summed E-state index contributed by atoms with van der Waals surface area (Å²) in [5, 5.41) is 5.96. The van der Waals surface area contributed by atoms with E-state index in [9.17, 15) is 9.59 Å². The molecule has 1 aromatic rings. The Balaban J connectivity index is 1.69. The molecule has 1 heterocycles. The van der Waals surface area contributed by atoms with Crippen LogP contribution in [0.3, 0.4) is 0 Å². The average molecular weight is 344 g/mol. The lowest BCUT2D eigenvalue weighted by Gasteiger charge is -2.32. The third-order valence-electron chi connectivity index (χ3n) is 4.19. The van der Waals surface area contributed by atoms with Gasteiger partial charge in [0.1, 0.15) is 0 Å². The number of nitrogens with zero attached hydrogens (tertiary/aromatic N) is 2. The molecule has 0 aliphatic carbocycles. The summed E-state index contributed by atoms with van der Waals surface area (Å²) in [5.74, 6) is -0.00474. The lowest BCUT2D eigenvalue weighted by molar-refractivity contribution is -0.117. The highest BCUT2D eigenvalue weighted by Crippen LogP contribution is 2.11. The number of hydrogen-bond acceptors (Lipinski definition) is 3. The van der Waals surface area contributed by atoms with Crippen molar-refractivity contribution in [2.75, 3.05) is 38.5 Å². The fraction of sp³-hybridized carbons (Fsp3) is 0.474. The standard InChI is InChI=1S/C19H28N4O2/c1-15(2)13-22(3)19(25)21-17-9-11-23(12-10-17)14-18(24)20-16-7-5-4-6-8-16/h4-8,17H,1,9-14H2,2-3H3,(H,20,24)(H,21,25). The maximum Gasteiger partial charge on any atom is 0.317 e. The lowest BCUT2D eigenvalue weighted by atomic mass is 10.1. The van der Waals surface area contributed by atoms with E-state index in [0.29, 0.717) is 13.1 Å².